The van der Waals surface area contributed by atoms with Crippen LogP contribution in [0.2, 0.25) is 0 Å². The third kappa shape index (κ3) is 7.77. The van der Waals surface area contributed by atoms with Crippen LogP contribution in [0.15, 0.2) is 54.6 Å². The summed E-state index contributed by atoms with van der Waals surface area (Å²) < 4.78 is 10.7. The van der Waals surface area contributed by atoms with Crippen LogP contribution in [0.4, 0.5) is 15.3 Å². The summed E-state index contributed by atoms with van der Waals surface area (Å²) in [6.07, 6.45) is 2.83. The van der Waals surface area contributed by atoms with Gasteiger partial charge in [-0.15, -0.1) is 0 Å². The molecule has 0 aliphatic carbocycles. The molecule has 0 radical (unpaired) electrons. The number of amides is 3. The SMILES string of the molecule is CCOC(=O)CC(c1ccccc1)c1ccc(N2CCN(CCC3CCN(C(=O)OC(C)(C)C)CC3)C2=O)cc1. The van der Waals surface area contributed by atoms with Crippen molar-refractivity contribution in [3.05, 3.63) is 65.7 Å². The lowest BCUT2D eigenvalue weighted by Gasteiger charge is -2.34. The number of ether oxygens (including phenoxy) is 2. The van der Waals surface area contributed by atoms with Crippen LogP contribution >= 0.6 is 0 Å². The predicted molar refractivity (Wildman–Crippen MR) is 155 cm³/mol. The van der Waals surface area contributed by atoms with Gasteiger partial charge in [0.25, 0.3) is 0 Å². The topological polar surface area (TPSA) is 79.4 Å². The molecule has 3 amide bonds. The van der Waals surface area contributed by atoms with Gasteiger partial charge in [0.1, 0.15) is 5.60 Å². The minimum Gasteiger partial charge on any atom is -0.466 e. The maximum absolute atomic E-state index is 13.2. The van der Waals surface area contributed by atoms with E-state index in [4.69, 9.17) is 9.47 Å². The minimum atomic E-state index is -0.484. The van der Waals surface area contributed by atoms with Crippen molar-refractivity contribution < 1.29 is 23.9 Å². The van der Waals surface area contributed by atoms with E-state index in [9.17, 15) is 14.4 Å². The molecule has 2 saturated heterocycles. The van der Waals surface area contributed by atoms with E-state index in [0.29, 0.717) is 38.7 Å². The van der Waals surface area contributed by atoms with Crippen molar-refractivity contribution in [2.75, 3.05) is 44.2 Å². The molecular formula is C32H43N3O5. The van der Waals surface area contributed by atoms with Crippen molar-refractivity contribution in [1.29, 1.82) is 0 Å². The van der Waals surface area contributed by atoms with E-state index in [2.05, 4.69) is 0 Å². The van der Waals surface area contributed by atoms with E-state index < -0.39 is 5.60 Å². The average Bonchev–Trinajstić information content (AvgIpc) is 3.30. The van der Waals surface area contributed by atoms with Gasteiger partial charge in [-0.2, -0.15) is 0 Å². The maximum Gasteiger partial charge on any atom is 0.410 e. The van der Waals surface area contributed by atoms with Crippen LogP contribution in [-0.4, -0.2) is 72.8 Å². The monoisotopic (exact) mass is 549 g/mol. The first-order valence-corrected chi connectivity index (χ1v) is 14.5. The molecule has 0 spiro atoms. The third-order valence-electron chi connectivity index (χ3n) is 7.65. The molecular weight excluding hydrogens is 506 g/mol. The van der Waals surface area contributed by atoms with Crippen LogP contribution in [0.5, 0.6) is 0 Å². The first-order valence-electron chi connectivity index (χ1n) is 14.5. The van der Waals surface area contributed by atoms with Crippen molar-refractivity contribution in [2.45, 2.75) is 64.9 Å². The second-order valence-corrected chi connectivity index (χ2v) is 11.7. The summed E-state index contributed by atoms with van der Waals surface area (Å²) in [5, 5.41) is 0. The zero-order valence-electron chi connectivity index (χ0n) is 24.3. The predicted octanol–water partition coefficient (Wildman–Crippen LogP) is 6.05. The van der Waals surface area contributed by atoms with Gasteiger partial charge in [0.05, 0.1) is 13.0 Å². The van der Waals surface area contributed by atoms with Crippen molar-refractivity contribution >= 4 is 23.8 Å². The van der Waals surface area contributed by atoms with Gasteiger partial charge >= 0.3 is 18.1 Å². The highest BCUT2D eigenvalue weighted by Crippen LogP contribution is 2.31. The number of anilines is 1. The van der Waals surface area contributed by atoms with Crippen LogP contribution in [0.25, 0.3) is 0 Å². The van der Waals surface area contributed by atoms with Gasteiger partial charge in [0, 0.05) is 44.3 Å². The van der Waals surface area contributed by atoms with Gasteiger partial charge in [-0.3, -0.25) is 9.69 Å². The molecule has 2 aliphatic rings. The molecule has 2 fully saturated rings. The lowest BCUT2D eigenvalue weighted by molar-refractivity contribution is -0.143. The van der Waals surface area contributed by atoms with Gasteiger partial charge in [-0.1, -0.05) is 42.5 Å². The Kier molecular flexibility index (Phi) is 9.71. The summed E-state index contributed by atoms with van der Waals surface area (Å²) in [4.78, 5) is 43.4. The summed E-state index contributed by atoms with van der Waals surface area (Å²) >= 11 is 0. The quantitative estimate of drug-likeness (QED) is 0.356. The number of benzene rings is 2. The fraction of sp³-hybridized carbons (Fsp3) is 0.531. The molecule has 1 atom stereocenters. The molecule has 216 valence electrons. The van der Waals surface area contributed by atoms with Crippen LogP contribution < -0.4 is 4.90 Å². The van der Waals surface area contributed by atoms with Crippen molar-refractivity contribution in [2.24, 2.45) is 5.92 Å². The molecule has 2 heterocycles. The van der Waals surface area contributed by atoms with E-state index in [1.807, 2.05) is 92.1 Å². The maximum atomic E-state index is 13.2. The Labute approximate surface area is 238 Å². The van der Waals surface area contributed by atoms with E-state index in [-0.39, 0.29) is 30.4 Å². The number of piperidine rings is 1. The summed E-state index contributed by atoms with van der Waals surface area (Å²) in [5.41, 5.74) is 2.46. The van der Waals surface area contributed by atoms with Crippen LogP contribution in [0.1, 0.15) is 70.4 Å². The molecule has 2 aromatic rings. The molecule has 0 N–H and O–H groups in total. The Bertz CT molecular complexity index is 1140. The van der Waals surface area contributed by atoms with Crippen molar-refractivity contribution in [3.8, 4) is 0 Å². The van der Waals surface area contributed by atoms with E-state index >= 15 is 0 Å². The number of esters is 1. The number of likely N-dealkylation sites (tertiary alicyclic amines) is 1. The zero-order valence-corrected chi connectivity index (χ0v) is 24.3. The molecule has 1 unspecified atom stereocenters. The number of urea groups is 1. The normalized spacial score (nSPS) is 17.2. The third-order valence-corrected chi connectivity index (χ3v) is 7.65. The highest BCUT2D eigenvalue weighted by molar-refractivity contribution is 5.94. The second-order valence-electron chi connectivity index (χ2n) is 11.7. The molecule has 8 nitrogen and oxygen atoms in total. The van der Waals surface area contributed by atoms with E-state index in [1.54, 1.807) is 4.90 Å². The molecule has 40 heavy (non-hydrogen) atoms. The van der Waals surface area contributed by atoms with E-state index in [0.717, 1.165) is 42.6 Å². The molecule has 8 heteroatoms. The Balaban J connectivity index is 1.30. The fourth-order valence-corrected chi connectivity index (χ4v) is 5.49. The van der Waals surface area contributed by atoms with Gasteiger partial charge in [-0.25, -0.2) is 9.59 Å². The average molecular weight is 550 g/mol. The van der Waals surface area contributed by atoms with Gasteiger partial charge < -0.3 is 19.3 Å². The summed E-state index contributed by atoms with van der Waals surface area (Å²) in [7, 11) is 0. The van der Waals surface area contributed by atoms with Crippen molar-refractivity contribution in [3.63, 3.8) is 0 Å². The highest BCUT2D eigenvalue weighted by Gasteiger charge is 2.32. The Morgan fingerprint density at radius 3 is 2.20 bits per heavy atom. The number of hydrogen-bond acceptors (Lipinski definition) is 5. The molecule has 0 saturated carbocycles. The standard InChI is InChI=1S/C32H43N3O5/c1-5-39-29(36)23-28(25-9-7-6-8-10-25)26-11-13-27(14-12-26)35-22-21-33(30(35)37)18-15-24-16-19-34(20-17-24)31(38)40-32(2,3)4/h6-14,24,28H,5,15-23H2,1-4H3. The van der Waals surface area contributed by atoms with Gasteiger partial charge in [0.15, 0.2) is 0 Å². The molecule has 2 aliphatic heterocycles. The number of carbonyl (C=O) groups is 3. The van der Waals surface area contributed by atoms with Crippen molar-refractivity contribution in [1.82, 2.24) is 9.80 Å². The second kappa shape index (κ2) is 13.2. The lowest BCUT2D eigenvalue weighted by atomic mass is 9.88. The molecule has 2 aromatic carbocycles. The minimum absolute atomic E-state index is 0.0325. The van der Waals surface area contributed by atoms with E-state index in [1.165, 1.54) is 0 Å². The smallest absolute Gasteiger partial charge is 0.410 e. The molecule has 0 aromatic heterocycles. The summed E-state index contributed by atoms with van der Waals surface area (Å²) in [6.45, 7) is 11.3. The largest absolute Gasteiger partial charge is 0.466 e. The molecule has 4 rings (SSSR count). The summed E-state index contributed by atoms with van der Waals surface area (Å²) in [6, 6.07) is 18.0. The van der Waals surface area contributed by atoms with Gasteiger partial charge in [-0.05, 0) is 76.1 Å². The number of rotatable bonds is 9. The highest BCUT2D eigenvalue weighted by atomic mass is 16.6. The zero-order chi connectivity index (χ0) is 28.7. The fourth-order valence-electron chi connectivity index (χ4n) is 5.49. The van der Waals surface area contributed by atoms with Crippen LogP contribution in [0.3, 0.4) is 0 Å². The Hall–Kier alpha value is -3.55. The Morgan fingerprint density at radius 1 is 0.925 bits per heavy atom. The first kappa shape index (κ1) is 29.4. The van der Waals surface area contributed by atoms with Gasteiger partial charge in [0.2, 0.25) is 0 Å². The lowest BCUT2D eigenvalue weighted by Crippen LogP contribution is -2.42. The van der Waals surface area contributed by atoms with Crippen LogP contribution in [0, 0.1) is 5.92 Å². The number of nitrogens with zero attached hydrogens (tertiary/aromatic N) is 3. The van der Waals surface area contributed by atoms with Crippen LogP contribution in [-0.2, 0) is 14.3 Å². The first-order chi connectivity index (χ1) is 19.1. The Morgan fingerprint density at radius 2 is 1.57 bits per heavy atom. The molecule has 0 bridgehead atoms. The number of hydrogen-bond donors (Lipinski definition) is 0. The number of carbonyl (C=O) groups excluding carboxylic acids is 3. The summed E-state index contributed by atoms with van der Waals surface area (Å²) in [5.74, 6) is 0.164.